The molecule has 0 atom stereocenters. The summed E-state index contributed by atoms with van der Waals surface area (Å²) < 4.78 is 65.5. The highest BCUT2D eigenvalue weighted by Gasteiger charge is 2.22. The summed E-state index contributed by atoms with van der Waals surface area (Å²) >= 11 is 8.04. The Labute approximate surface area is 277 Å². The summed E-state index contributed by atoms with van der Waals surface area (Å²) in [5.41, 5.74) is 3.22. The lowest BCUT2D eigenvalue weighted by Crippen LogP contribution is -2.03. The van der Waals surface area contributed by atoms with Gasteiger partial charge in [-0.2, -0.15) is 0 Å². The summed E-state index contributed by atoms with van der Waals surface area (Å²) in [4.78, 5) is 14.8. The van der Waals surface area contributed by atoms with Crippen molar-refractivity contribution in [3.05, 3.63) is 144 Å². The lowest BCUT2D eigenvalue weighted by Gasteiger charge is -2.15. The highest BCUT2D eigenvalue weighted by atomic mass is 35.5. The molecule has 212 valence electrons. The number of nitrogens with zero attached hydrogens (tertiary/aromatic N) is 4. The summed E-state index contributed by atoms with van der Waals surface area (Å²) in [6, 6.07) is 28.1. The number of para-hydroxylation sites is 1. The van der Waals surface area contributed by atoms with Gasteiger partial charge in [-0.15, -0.1) is 11.3 Å². The van der Waals surface area contributed by atoms with Crippen LogP contribution in [0.3, 0.4) is 0 Å². The number of thiophene rings is 1. The number of hydrogen-bond acceptors (Lipinski definition) is 4. The summed E-state index contributed by atoms with van der Waals surface area (Å²) in [5, 5.41) is 1.58. The minimum atomic E-state index is -0.201. The zero-order chi connectivity index (χ0) is 36.0. The summed E-state index contributed by atoms with van der Waals surface area (Å²) in [5.74, 6) is 1.15. The Morgan fingerprint density at radius 2 is 1.27 bits per heavy atom. The minimum absolute atomic E-state index is 0.00206. The van der Waals surface area contributed by atoms with Crippen LogP contribution in [0.25, 0.3) is 81.8 Å². The summed E-state index contributed by atoms with van der Waals surface area (Å²) in [7, 11) is 0. The lowest BCUT2D eigenvalue weighted by molar-refractivity contribution is 1.06. The molecular weight excluding hydrogens is 592 g/mol. The van der Waals surface area contributed by atoms with Gasteiger partial charge in [-0.25, -0.2) is 15.0 Å². The third-order valence-electron chi connectivity index (χ3n) is 7.77. The standard InChI is InChI=1S/C39H23ClN4S/c40-26-19-22-33(31(23-26)39-42-37(24-11-3-1-4-12-24)41-38(43-39)25-13-5-2-6-14-25)44-32-17-9-7-15-27(32)29-20-21-30-28-16-8-10-18-34(28)45-36(30)35(29)44/h1-23H/i7D,8D,15D,16D,17D,20D,21D. The van der Waals surface area contributed by atoms with Crippen LogP contribution in [-0.2, 0) is 0 Å². The van der Waals surface area contributed by atoms with Crippen molar-refractivity contribution < 1.29 is 9.60 Å². The predicted molar refractivity (Wildman–Crippen MR) is 188 cm³/mol. The molecule has 0 bridgehead atoms. The first kappa shape index (κ1) is 19.8. The number of rotatable bonds is 4. The maximum Gasteiger partial charge on any atom is 0.166 e. The summed E-state index contributed by atoms with van der Waals surface area (Å²) in [6.45, 7) is 0. The Balaban J connectivity index is 1.47. The Hall–Kier alpha value is -5.36. The molecule has 0 fully saturated rings. The van der Waals surface area contributed by atoms with Crippen LogP contribution in [0, 0.1) is 0 Å². The van der Waals surface area contributed by atoms with Gasteiger partial charge in [-0.1, -0.05) is 121 Å². The van der Waals surface area contributed by atoms with Crippen LogP contribution >= 0.6 is 22.9 Å². The molecule has 4 nitrogen and oxygen atoms in total. The number of fused-ring (bicyclic) bond motifs is 7. The van der Waals surface area contributed by atoms with E-state index in [1.807, 2.05) is 60.7 Å². The fourth-order valence-electron chi connectivity index (χ4n) is 5.76. The first-order chi connectivity index (χ1) is 25.1. The van der Waals surface area contributed by atoms with Crippen molar-refractivity contribution in [3.8, 4) is 39.9 Å². The zero-order valence-corrected chi connectivity index (χ0v) is 24.9. The molecule has 3 aromatic heterocycles. The normalized spacial score (nSPS) is 13.8. The second kappa shape index (κ2) is 10.4. The maximum absolute atomic E-state index is 9.34. The largest absolute Gasteiger partial charge is 0.307 e. The van der Waals surface area contributed by atoms with Crippen LogP contribution in [0.4, 0.5) is 0 Å². The van der Waals surface area contributed by atoms with Gasteiger partial charge in [0.1, 0.15) is 0 Å². The third kappa shape index (κ3) is 4.24. The van der Waals surface area contributed by atoms with Crippen LogP contribution in [0.5, 0.6) is 0 Å². The van der Waals surface area contributed by atoms with E-state index in [1.165, 1.54) is 17.4 Å². The Bertz CT molecular complexity index is 2890. The van der Waals surface area contributed by atoms with Gasteiger partial charge >= 0.3 is 0 Å². The van der Waals surface area contributed by atoms with Crippen molar-refractivity contribution in [1.29, 1.82) is 0 Å². The van der Waals surface area contributed by atoms with Crippen molar-refractivity contribution in [1.82, 2.24) is 19.5 Å². The quantitative estimate of drug-likeness (QED) is 0.196. The van der Waals surface area contributed by atoms with E-state index in [0.717, 1.165) is 11.1 Å². The molecule has 0 amide bonds. The molecule has 0 N–H and O–H groups in total. The molecule has 0 unspecified atom stereocenters. The van der Waals surface area contributed by atoms with Crippen molar-refractivity contribution >= 4 is 64.9 Å². The van der Waals surface area contributed by atoms with Crippen molar-refractivity contribution in [3.63, 3.8) is 0 Å². The molecule has 0 spiro atoms. The molecule has 45 heavy (non-hydrogen) atoms. The van der Waals surface area contributed by atoms with Crippen molar-refractivity contribution in [2.24, 2.45) is 0 Å². The third-order valence-corrected chi connectivity index (χ3v) is 9.16. The molecule has 6 aromatic carbocycles. The van der Waals surface area contributed by atoms with Crippen LogP contribution in [0.2, 0.25) is 5.02 Å². The fourth-order valence-corrected chi connectivity index (χ4v) is 7.09. The second-order valence-corrected chi connectivity index (χ2v) is 11.9. The zero-order valence-electron chi connectivity index (χ0n) is 30.3. The highest BCUT2D eigenvalue weighted by molar-refractivity contribution is 7.26. The topological polar surface area (TPSA) is 43.6 Å². The van der Waals surface area contributed by atoms with Gasteiger partial charge in [-0.3, -0.25) is 0 Å². The van der Waals surface area contributed by atoms with E-state index >= 15 is 0 Å². The number of benzene rings is 6. The molecule has 9 aromatic rings. The van der Waals surface area contributed by atoms with E-state index in [9.17, 15) is 4.11 Å². The molecule has 9 rings (SSSR count). The molecule has 0 aliphatic carbocycles. The average molecular weight is 622 g/mol. The molecule has 6 heteroatoms. The Kier molecular flexibility index (Phi) is 4.57. The van der Waals surface area contributed by atoms with E-state index in [4.69, 9.17) is 32.0 Å². The van der Waals surface area contributed by atoms with E-state index in [0.29, 0.717) is 53.6 Å². The Morgan fingerprint density at radius 3 is 2.02 bits per heavy atom. The smallest absolute Gasteiger partial charge is 0.166 e. The predicted octanol–water partition coefficient (Wildman–Crippen LogP) is 11.0. The molecule has 0 radical (unpaired) electrons. The maximum atomic E-state index is 9.34. The molecule has 0 aliphatic heterocycles. The van der Waals surface area contributed by atoms with Gasteiger partial charge in [-0.05, 0) is 30.3 Å². The van der Waals surface area contributed by atoms with E-state index in [1.54, 1.807) is 34.9 Å². The monoisotopic (exact) mass is 621 g/mol. The van der Waals surface area contributed by atoms with Crippen molar-refractivity contribution in [2.45, 2.75) is 0 Å². The van der Waals surface area contributed by atoms with Gasteiger partial charge in [0.2, 0.25) is 0 Å². The Morgan fingerprint density at radius 1 is 0.600 bits per heavy atom. The SMILES string of the molecule is [2H]c1ccc2sc3c(c([2H])c([2H])c4c5c([2H])c([2H])cc([2H])c5n(-c5ccc(Cl)cc5-c5nc(-c6ccccc6)nc(-c6ccccc6)n5)c34)c2c1[2H]. The lowest BCUT2D eigenvalue weighted by atomic mass is 10.1. The van der Waals surface area contributed by atoms with Gasteiger partial charge in [0.25, 0.3) is 0 Å². The molecule has 0 saturated carbocycles. The average Bonchev–Trinajstić information content (AvgIpc) is 3.73. The van der Waals surface area contributed by atoms with Gasteiger partial charge in [0.15, 0.2) is 17.5 Å². The van der Waals surface area contributed by atoms with Crippen LogP contribution in [-0.4, -0.2) is 19.5 Å². The van der Waals surface area contributed by atoms with Crippen LogP contribution in [0.15, 0.2) is 139 Å². The second-order valence-electron chi connectivity index (χ2n) is 10.4. The number of hydrogen-bond donors (Lipinski definition) is 0. The molecule has 0 aliphatic rings. The first-order valence-corrected chi connectivity index (χ1v) is 15.4. The molecule has 3 heterocycles. The van der Waals surface area contributed by atoms with E-state index in [2.05, 4.69) is 0 Å². The molecule has 0 saturated heterocycles. The van der Waals surface area contributed by atoms with E-state index < -0.39 is 0 Å². The van der Waals surface area contributed by atoms with Gasteiger partial charge < -0.3 is 4.57 Å². The van der Waals surface area contributed by atoms with E-state index in [-0.39, 0.29) is 64.4 Å². The van der Waals surface area contributed by atoms with Crippen LogP contribution in [0.1, 0.15) is 9.60 Å². The van der Waals surface area contributed by atoms with Gasteiger partial charge in [0.05, 0.1) is 31.0 Å². The van der Waals surface area contributed by atoms with Gasteiger partial charge in [0, 0.05) is 48.0 Å². The fraction of sp³-hybridized carbons (Fsp3) is 0. The minimum Gasteiger partial charge on any atom is -0.307 e. The van der Waals surface area contributed by atoms with Crippen LogP contribution < -0.4 is 0 Å². The number of halogens is 1. The van der Waals surface area contributed by atoms with Crippen molar-refractivity contribution in [2.75, 3.05) is 0 Å². The number of aromatic nitrogens is 4. The highest BCUT2D eigenvalue weighted by Crippen LogP contribution is 2.44. The first-order valence-electron chi connectivity index (χ1n) is 17.7. The molecular formula is C39H23ClN4S. The summed E-state index contributed by atoms with van der Waals surface area (Å²) in [6.07, 6.45) is 0.